The molecule has 2 aliphatic heterocycles. The fraction of sp³-hybridized carbons (Fsp3) is 0.204. The fourth-order valence-electron chi connectivity index (χ4n) is 8.74. The van der Waals surface area contributed by atoms with Crippen LogP contribution in [0.3, 0.4) is 0 Å². The van der Waals surface area contributed by atoms with E-state index in [1.165, 1.54) is 37.0 Å². The Bertz CT molecular complexity index is 3630. The number of carbonyl (C=O) groups is 1. The fourth-order valence-corrected chi connectivity index (χ4v) is 14.8. The van der Waals surface area contributed by atoms with Crippen LogP contribution < -0.4 is 0 Å². The molecule has 0 aliphatic carbocycles. The summed E-state index contributed by atoms with van der Waals surface area (Å²) in [5.41, 5.74) is 3.97. The van der Waals surface area contributed by atoms with Crippen LogP contribution in [0, 0.1) is 0 Å². The molecule has 2 fully saturated rings. The van der Waals surface area contributed by atoms with E-state index in [1.54, 1.807) is 109 Å². The quantitative estimate of drug-likeness (QED) is 0.108. The predicted octanol–water partition coefficient (Wildman–Crippen LogP) is 7.82. The zero-order valence-corrected chi connectivity index (χ0v) is 40.1. The minimum atomic E-state index is -4.06. The van der Waals surface area contributed by atoms with Gasteiger partial charge in [-0.3, -0.25) is 4.79 Å². The van der Waals surface area contributed by atoms with Gasteiger partial charge < -0.3 is 0 Å². The highest BCUT2D eigenvalue weighted by atomic mass is 32.2. The van der Waals surface area contributed by atoms with Crippen LogP contribution in [0.5, 0.6) is 0 Å². The predicted molar refractivity (Wildman–Crippen MR) is 259 cm³/mol. The third-order valence-corrected chi connectivity index (χ3v) is 19.5. The van der Waals surface area contributed by atoms with Crippen molar-refractivity contribution in [3.05, 3.63) is 157 Å². The van der Waals surface area contributed by atoms with Crippen LogP contribution in [-0.2, 0) is 46.5 Å². The van der Waals surface area contributed by atoms with Gasteiger partial charge in [0.05, 0.1) is 25.3 Å². The van der Waals surface area contributed by atoms with Gasteiger partial charge in [-0.1, -0.05) is 67.6 Å². The summed E-state index contributed by atoms with van der Waals surface area (Å²) in [6.07, 6.45) is 7.53. The maximum atomic E-state index is 13.5. The number of aldehydes is 1. The molecule has 8 aromatic rings. The highest BCUT2D eigenvalue weighted by Crippen LogP contribution is 2.35. The lowest BCUT2D eigenvalue weighted by Crippen LogP contribution is -2.27. The first-order valence-corrected chi connectivity index (χ1v) is 27.7. The Morgan fingerprint density at radius 1 is 0.471 bits per heavy atom. The molecule has 10 rings (SSSR count). The summed E-state index contributed by atoms with van der Waals surface area (Å²) >= 11 is 0. The topological polar surface area (TPSA) is 196 Å². The summed E-state index contributed by atoms with van der Waals surface area (Å²) in [6.45, 7) is 4.05. The van der Waals surface area contributed by atoms with Crippen LogP contribution in [0.4, 0.5) is 0 Å². The van der Waals surface area contributed by atoms with Gasteiger partial charge in [-0.25, -0.2) is 51.6 Å². The summed E-state index contributed by atoms with van der Waals surface area (Å²) in [7, 11) is -14.9. The van der Waals surface area contributed by atoms with Gasteiger partial charge in [0, 0.05) is 55.0 Å². The molecule has 0 saturated carbocycles. The second-order valence-electron chi connectivity index (χ2n) is 16.3. The molecule has 0 bridgehead atoms. The summed E-state index contributed by atoms with van der Waals surface area (Å²) in [4.78, 5) is 21.2. The zero-order chi connectivity index (χ0) is 47.8. The SMILES string of the molecule is CCc1cc2c(-c3ccc(S(=O)(=O)N4CCCC4)cc3)ccnc2n1S(=O)(=O)c1ccccc1.O=Cc1cc2c(-c3ccc(S(=O)(=O)N4CCCC4)cc3)ccnc2n1S(=O)(=O)c1ccccc1. The van der Waals surface area contributed by atoms with E-state index in [-0.39, 0.29) is 30.9 Å². The molecule has 19 heteroatoms. The van der Waals surface area contributed by atoms with E-state index in [0.29, 0.717) is 72.1 Å². The summed E-state index contributed by atoms with van der Waals surface area (Å²) in [5, 5.41) is 1.17. The van der Waals surface area contributed by atoms with Crippen molar-refractivity contribution in [1.82, 2.24) is 26.5 Å². The lowest BCUT2D eigenvalue weighted by atomic mass is 10.0. The molecule has 68 heavy (non-hydrogen) atoms. The molecule has 0 spiro atoms. The smallest absolute Gasteiger partial charge is 0.270 e. The molecule has 0 radical (unpaired) electrons. The first-order chi connectivity index (χ1) is 32.7. The highest BCUT2D eigenvalue weighted by Gasteiger charge is 2.30. The van der Waals surface area contributed by atoms with Crippen molar-refractivity contribution in [2.45, 2.75) is 58.6 Å². The number of benzene rings is 4. The Morgan fingerprint density at radius 3 is 1.26 bits per heavy atom. The van der Waals surface area contributed by atoms with E-state index < -0.39 is 40.1 Å². The molecule has 2 aliphatic rings. The van der Waals surface area contributed by atoms with Crippen molar-refractivity contribution < 1.29 is 38.5 Å². The Balaban J connectivity index is 0.000000170. The van der Waals surface area contributed by atoms with E-state index in [0.717, 1.165) is 40.8 Å². The number of hydrogen-bond donors (Lipinski definition) is 0. The number of fused-ring (bicyclic) bond motifs is 2. The van der Waals surface area contributed by atoms with Gasteiger partial charge in [-0.2, -0.15) is 8.61 Å². The Hall–Kier alpha value is -6.35. The minimum absolute atomic E-state index is 0.0410. The number of aromatic nitrogens is 4. The number of aryl methyl sites for hydroxylation is 1. The first-order valence-electron chi connectivity index (χ1n) is 22.0. The monoisotopic (exact) mass is 990 g/mol. The lowest BCUT2D eigenvalue weighted by molar-refractivity contribution is 0.111. The average Bonchev–Trinajstić information content (AvgIpc) is 4.22. The third kappa shape index (κ3) is 8.47. The van der Waals surface area contributed by atoms with E-state index >= 15 is 0 Å². The molecule has 4 aromatic carbocycles. The molecule has 0 unspecified atom stereocenters. The molecule has 4 aromatic heterocycles. The molecule has 0 atom stereocenters. The number of sulfonamides is 2. The number of pyridine rings is 2. The summed E-state index contributed by atoms with van der Waals surface area (Å²) < 4.78 is 110. The third-order valence-electron chi connectivity index (χ3n) is 12.2. The van der Waals surface area contributed by atoms with Gasteiger partial charge in [-0.05, 0) is 127 Å². The van der Waals surface area contributed by atoms with E-state index in [4.69, 9.17) is 0 Å². The van der Waals surface area contributed by atoms with E-state index in [2.05, 4.69) is 9.97 Å². The van der Waals surface area contributed by atoms with Crippen molar-refractivity contribution in [3.63, 3.8) is 0 Å². The van der Waals surface area contributed by atoms with E-state index in [9.17, 15) is 38.5 Å². The Morgan fingerprint density at radius 2 is 0.853 bits per heavy atom. The molecule has 0 amide bonds. The van der Waals surface area contributed by atoms with Crippen LogP contribution >= 0.6 is 0 Å². The van der Waals surface area contributed by atoms with Crippen molar-refractivity contribution in [3.8, 4) is 22.3 Å². The molecule has 6 heterocycles. The highest BCUT2D eigenvalue weighted by molar-refractivity contribution is 7.90. The van der Waals surface area contributed by atoms with Gasteiger partial charge in [0.1, 0.15) is 0 Å². The summed E-state index contributed by atoms with van der Waals surface area (Å²) in [5.74, 6) is 0. The van der Waals surface area contributed by atoms with Crippen LogP contribution in [0.25, 0.3) is 44.3 Å². The molecule has 15 nitrogen and oxygen atoms in total. The molecular weight excluding hydrogens is 945 g/mol. The van der Waals surface area contributed by atoms with Crippen molar-refractivity contribution in [1.29, 1.82) is 0 Å². The lowest BCUT2D eigenvalue weighted by Gasteiger charge is -2.15. The Kier molecular flexibility index (Phi) is 12.8. The second-order valence-corrected chi connectivity index (χ2v) is 23.8. The largest absolute Gasteiger partial charge is 0.296 e. The zero-order valence-electron chi connectivity index (χ0n) is 36.8. The molecular formula is C49H46N6O9S4. The molecule has 2 saturated heterocycles. The van der Waals surface area contributed by atoms with Crippen LogP contribution in [0.1, 0.15) is 48.8 Å². The maximum Gasteiger partial charge on any atom is 0.270 e. The van der Waals surface area contributed by atoms with Gasteiger partial charge in [0.2, 0.25) is 20.0 Å². The van der Waals surface area contributed by atoms with Crippen LogP contribution in [0.2, 0.25) is 0 Å². The molecule has 350 valence electrons. The standard InChI is InChI=1S/C25H25N3O4S2.C24H21N3O5S2/c1-2-20-18-24-23(19-10-12-22(13-11-19)33(29,30)27-16-6-7-17-27)14-15-26-25(24)28(20)34(31,32)21-8-4-3-5-9-21;28-17-19-16-23-22(18-8-10-21(11-9-18)33(29,30)26-14-4-5-15-26)12-13-25-24(23)27(19)34(31,32)20-6-2-1-3-7-20/h3-5,8-15,18H,2,6-7,16-17H2,1H3;1-3,6-13,16-17H,4-5,14-15H2. The number of hydrogen-bond acceptors (Lipinski definition) is 11. The van der Waals surface area contributed by atoms with Gasteiger partial charge >= 0.3 is 0 Å². The first kappa shape index (κ1) is 46.7. The average molecular weight is 991 g/mol. The number of nitrogens with zero attached hydrogens (tertiary/aromatic N) is 6. The Labute approximate surface area is 395 Å². The van der Waals surface area contributed by atoms with Gasteiger partial charge in [-0.15, -0.1) is 0 Å². The second kappa shape index (κ2) is 18.6. The van der Waals surface area contributed by atoms with Crippen LogP contribution in [0.15, 0.2) is 165 Å². The van der Waals surface area contributed by atoms with Crippen LogP contribution in [-0.4, -0.2) is 92.7 Å². The minimum Gasteiger partial charge on any atom is -0.296 e. The van der Waals surface area contributed by atoms with Crippen molar-refractivity contribution in [2.75, 3.05) is 26.2 Å². The van der Waals surface area contributed by atoms with Gasteiger partial charge in [0.25, 0.3) is 20.0 Å². The molecule has 0 N–H and O–H groups in total. The van der Waals surface area contributed by atoms with Crippen molar-refractivity contribution in [2.24, 2.45) is 0 Å². The normalized spacial score (nSPS) is 15.1. The van der Waals surface area contributed by atoms with Crippen molar-refractivity contribution >= 4 is 68.4 Å². The summed E-state index contributed by atoms with van der Waals surface area (Å²) in [6, 6.07) is 36.3. The van der Waals surface area contributed by atoms with Gasteiger partial charge in [0.15, 0.2) is 17.6 Å². The number of rotatable bonds is 12. The maximum absolute atomic E-state index is 13.5. The van der Waals surface area contributed by atoms with E-state index in [1.807, 2.05) is 19.1 Å². The number of carbonyl (C=O) groups excluding carboxylic acids is 1.